The van der Waals surface area contributed by atoms with E-state index in [4.69, 9.17) is 18.0 Å². The summed E-state index contributed by atoms with van der Waals surface area (Å²) in [7, 11) is 0. The molecule has 3 heterocycles. The summed E-state index contributed by atoms with van der Waals surface area (Å²) in [5, 5.41) is 0. The van der Waals surface area contributed by atoms with Crippen molar-refractivity contribution in [3.63, 3.8) is 0 Å². The first-order valence-corrected chi connectivity index (χ1v) is 6.49. The van der Waals surface area contributed by atoms with E-state index < -0.39 is 0 Å². The molecule has 0 saturated carbocycles. The Morgan fingerprint density at radius 3 is 2.94 bits per heavy atom. The molecule has 0 fully saturated rings. The van der Waals surface area contributed by atoms with Crippen LogP contribution >= 0.6 is 12.2 Å². The molecule has 1 aliphatic heterocycles. The van der Waals surface area contributed by atoms with Gasteiger partial charge in [-0.1, -0.05) is 18.3 Å². The second kappa shape index (κ2) is 4.49. The van der Waals surface area contributed by atoms with Crippen molar-refractivity contribution < 1.29 is 0 Å². The van der Waals surface area contributed by atoms with E-state index in [1.165, 1.54) is 12.8 Å². The number of pyridine rings is 1. The standard InChI is InChI=1S/C13H14N4S/c14-12(18)11-10-6-2-4-8-17(10)13(16-11)9-5-1-3-7-15-9/h1,3,5,7H,2,4,6,8H2,(H2,14,18). The molecule has 18 heavy (non-hydrogen) atoms. The molecule has 2 aromatic heterocycles. The molecule has 0 bridgehead atoms. The number of nitrogens with zero attached hydrogens (tertiary/aromatic N) is 3. The molecule has 0 saturated heterocycles. The largest absolute Gasteiger partial charge is 0.388 e. The first kappa shape index (κ1) is 11.3. The summed E-state index contributed by atoms with van der Waals surface area (Å²) >= 11 is 5.09. The van der Waals surface area contributed by atoms with Crippen LogP contribution in [-0.4, -0.2) is 19.5 Å². The normalized spacial score (nSPS) is 14.2. The van der Waals surface area contributed by atoms with E-state index in [1.54, 1.807) is 6.20 Å². The van der Waals surface area contributed by atoms with Crippen LogP contribution in [0.4, 0.5) is 0 Å². The number of imidazole rings is 1. The van der Waals surface area contributed by atoms with E-state index in [2.05, 4.69) is 14.5 Å². The first-order valence-electron chi connectivity index (χ1n) is 6.08. The van der Waals surface area contributed by atoms with E-state index in [0.717, 1.165) is 35.9 Å². The summed E-state index contributed by atoms with van der Waals surface area (Å²) in [6.45, 7) is 0.969. The Morgan fingerprint density at radius 1 is 1.33 bits per heavy atom. The van der Waals surface area contributed by atoms with Gasteiger partial charge in [-0.3, -0.25) is 4.98 Å². The van der Waals surface area contributed by atoms with Gasteiger partial charge in [-0.2, -0.15) is 0 Å². The molecule has 0 radical (unpaired) electrons. The van der Waals surface area contributed by atoms with Gasteiger partial charge in [0.2, 0.25) is 0 Å². The highest BCUT2D eigenvalue weighted by Crippen LogP contribution is 2.26. The maximum absolute atomic E-state index is 5.76. The predicted octanol–water partition coefficient (Wildman–Crippen LogP) is 1.92. The van der Waals surface area contributed by atoms with Crippen LogP contribution in [0.3, 0.4) is 0 Å². The molecule has 0 amide bonds. The number of thiocarbonyl (C=S) groups is 1. The molecule has 1 aliphatic rings. The maximum atomic E-state index is 5.76. The van der Waals surface area contributed by atoms with Crippen molar-refractivity contribution in [2.24, 2.45) is 5.73 Å². The van der Waals surface area contributed by atoms with Crippen LogP contribution in [0.1, 0.15) is 24.2 Å². The Hall–Kier alpha value is -1.75. The number of fused-ring (bicyclic) bond motifs is 1. The minimum Gasteiger partial charge on any atom is -0.388 e. The van der Waals surface area contributed by atoms with Gasteiger partial charge in [0.25, 0.3) is 0 Å². The summed E-state index contributed by atoms with van der Waals surface area (Å²) in [5.74, 6) is 0.883. The summed E-state index contributed by atoms with van der Waals surface area (Å²) in [6.07, 6.45) is 5.11. The molecule has 92 valence electrons. The van der Waals surface area contributed by atoms with E-state index in [1.807, 2.05) is 18.2 Å². The van der Waals surface area contributed by atoms with E-state index in [9.17, 15) is 0 Å². The molecule has 0 aliphatic carbocycles. The van der Waals surface area contributed by atoms with Gasteiger partial charge in [0.1, 0.15) is 16.4 Å². The number of aromatic nitrogens is 3. The number of nitrogens with two attached hydrogens (primary N) is 1. The second-order valence-corrected chi connectivity index (χ2v) is 4.86. The lowest BCUT2D eigenvalue weighted by Gasteiger charge is -2.16. The van der Waals surface area contributed by atoms with Crippen molar-refractivity contribution in [1.82, 2.24) is 14.5 Å². The molecular formula is C13H14N4S. The van der Waals surface area contributed by atoms with Crippen molar-refractivity contribution >= 4 is 17.2 Å². The van der Waals surface area contributed by atoms with Gasteiger partial charge < -0.3 is 10.3 Å². The lowest BCUT2D eigenvalue weighted by Crippen LogP contribution is -2.16. The van der Waals surface area contributed by atoms with Gasteiger partial charge >= 0.3 is 0 Å². The summed E-state index contributed by atoms with van der Waals surface area (Å²) in [6, 6.07) is 5.83. The molecule has 2 aromatic rings. The number of hydrogen-bond donors (Lipinski definition) is 1. The zero-order valence-electron chi connectivity index (χ0n) is 9.97. The molecule has 0 unspecified atom stereocenters. The third kappa shape index (κ3) is 1.80. The quantitative estimate of drug-likeness (QED) is 0.836. The molecule has 3 rings (SSSR count). The van der Waals surface area contributed by atoms with Crippen molar-refractivity contribution in [1.29, 1.82) is 0 Å². The van der Waals surface area contributed by atoms with Crippen LogP contribution < -0.4 is 5.73 Å². The average Bonchev–Trinajstić information content (AvgIpc) is 2.79. The third-order valence-corrected chi connectivity index (χ3v) is 3.44. The van der Waals surface area contributed by atoms with Crippen molar-refractivity contribution in [3.8, 4) is 11.5 Å². The van der Waals surface area contributed by atoms with Crippen molar-refractivity contribution in [2.45, 2.75) is 25.8 Å². The van der Waals surface area contributed by atoms with E-state index in [0.29, 0.717) is 4.99 Å². The highest BCUT2D eigenvalue weighted by molar-refractivity contribution is 7.80. The molecular weight excluding hydrogens is 244 g/mol. The third-order valence-electron chi connectivity index (χ3n) is 3.25. The number of rotatable bonds is 2. The smallest absolute Gasteiger partial charge is 0.159 e. The zero-order valence-corrected chi connectivity index (χ0v) is 10.8. The van der Waals surface area contributed by atoms with Crippen LogP contribution in [0.15, 0.2) is 24.4 Å². The summed E-state index contributed by atoms with van der Waals surface area (Å²) < 4.78 is 2.21. The molecule has 4 nitrogen and oxygen atoms in total. The average molecular weight is 258 g/mol. The van der Waals surface area contributed by atoms with Gasteiger partial charge in [-0.25, -0.2) is 4.98 Å². The van der Waals surface area contributed by atoms with Crippen LogP contribution in [0, 0.1) is 0 Å². The first-order chi connectivity index (χ1) is 8.77. The van der Waals surface area contributed by atoms with Crippen LogP contribution in [0.2, 0.25) is 0 Å². The van der Waals surface area contributed by atoms with Crippen LogP contribution in [0.5, 0.6) is 0 Å². The Bertz CT molecular complexity index is 589. The SMILES string of the molecule is NC(=S)c1nc(-c2ccccn2)n2c1CCCC2. The van der Waals surface area contributed by atoms with E-state index in [-0.39, 0.29) is 0 Å². The Labute approximate surface area is 111 Å². The molecule has 0 atom stereocenters. The van der Waals surface area contributed by atoms with Gasteiger partial charge in [0.15, 0.2) is 5.82 Å². The van der Waals surface area contributed by atoms with Crippen molar-refractivity contribution in [3.05, 3.63) is 35.8 Å². The highest BCUT2D eigenvalue weighted by atomic mass is 32.1. The minimum absolute atomic E-state index is 0.378. The minimum atomic E-state index is 0.378. The fraction of sp³-hybridized carbons (Fsp3) is 0.308. The van der Waals surface area contributed by atoms with Gasteiger partial charge in [0, 0.05) is 18.4 Å². The Kier molecular flexibility index (Phi) is 2.83. The summed E-state index contributed by atoms with van der Waals surface area (Å²) in [4.78, 5) is 9.34. The fourth-order valence-corrected chi connectivity index (χ4v) is 2.59. The number of hydrogen-bond acceptors (Lipinski definition) is 3. The highest BCUT2D eigenvalue weighted by Gasteiger charge is 2.22. The Morgan fingerprint density at radius 2 is 2.22 bits per heavy atom. The van der Waals surface area contributed by atoms with Gasteiger partial charge in [0.05, 0.1) is 0 Å². The van der Waals surface area contributed by atoms with Crippen LogP contribution in [-0.2, 0) is 13.0 Å². The molecule has 0 aromatic carbocycles. The molecule has 2 N–H and O–H groups in total. The van der Waals surface area contributed by atoms with Gasteiger partial charge in [-0.05, 0) is 31.4 Å². The predicted molar refractivity (Wildman–Crippen MR) is 74.3 cm³/mol. The summed E-state index contributed by atoms with van der Waals surface area (Å²) in [5.41, 5.74) is 8.57. The lowest BCUT2D eigenvalue weighted by atomic mass is 10.1. The van der Waals surface area contributed by atoms with Crippen LogP contribution in [0.25, 0.3) is 11.5 Å². The second-order valence-electron chi connectivity index (χ2n) is 4.42. The monoisotopic (exact) mass is 258 g/mol. The fourth-order valence-electron chi connectivity index (χ4n) is 2.43. The maximum Gasteiger partial charge on any atom is 0.159 e. The topological polar surface area (TPSA) is 56.7 Å². The lowest BCUT2D eigenvalue weighted by molar-refractivity contribution is 0.535. The van der Waals surface area contributed by atoms with Gasteiger partial charge in [-0.15, -0.1) is 0 Å². The Balaban J connectivity index is 2.18. The van der Waals surface area contributed by atoms with Crippen molar-refractivity contribution in [2.75, 3.05) is 0 Å². The van der Waals surface area contributed by atoms with E-state index >= 15 is 0 Å². The zero-order chi connectivity index (χ0) is 12.5. The molecule has 0 spiro atoms. The molecule has 5 heteroatoms.